The Hall–Kier alpha value is -3.68. The van der Waals surface area contributed by atoms with Crippen molar-refractivity contribution in [2.75, 3.05) is 0 Å². The maximum Gasteiger partial charge on any atom is 0.270 e. The molecule has 2 heterocycles. The predicted molar refractivity (Wildman–Crippen MR) is 111 cm³/mol. The number of nitro groups is 1. The van der Waals surface area contributed by atoms with Crippen LogP contribution in [-0.4, -0.2) is 25.8 Å². The van der Waals surface area contributed by atoms with Crippen LogP contribution < -0.4 is 5.32 Å². The van der Waals surface area contributed by atoms with E-state index in [1.54, 1.807) is 12.3 Å². The maximum atomic E-state index is 13.1. The summed E-state index contributed by atoms with van der Waals surface area (Å²) in [4.78, 5) is 34.7. The number of hydrogen-bond acceptors (Lipinski definition) is 4. The summed E-state index contributed by atoms with van der Waals surface area (Å²) in [6.07, 6.45) is 2.43. The summed E-state index contributed by atoms with van der Waals surface area (Å²) in [5.74, 6) is 0.529. The fourth-order valence-corrected chi connectivity index (χ4v) is 3.46. The van der Waals surface area contributed by atoms with Gasteiger partial charge in [0.2, 0.25) is 0 Å². The molecule has 2 aromatic carbocycles. The van der Waals surface area contributed by atoms with E-state index >= 15 is 0 Å². The van der Waals surface area contributed by atoms with Crippen molar-refractivity contribution < 1.29 is 9.72 Å². The number of rotatable bonds is 6. The summed E-state index contributed by atoms with van der Waals surface area (Å²) in [5, 5.41) is 14.7. The number of imidazole rings is 1. The molecule has 2 aromatic heterocycles. The summed E-state index contributed by atoms with van der Waals surface area (Å²) < 4.78 is 0. The van der Waals surface area contributed by atoms with Crippen LogP contribution in [-0.2, 0) is 0 Å². The van der Waals surface area contributed by atoms with Gasteiger partial charge < -0.3 is 15.3 Å². The number of carbonyl (C=O) groups is 1. The minimum atomic E-state index is -0.468. The number of aromatic amines is 2. The zero-order chi connectivity index (χ0) is 20.5. The Morgan fingerprint density at radius 1 is 1.24 bits per heavy atom. The van der Waals surface area contributed by atoms with Crippen molar-refractivity contribution in [1.82, 2.24) is 20.3 Å². The largest absolute Gasteiger partial charge is 0.360 e. The number of nitrogens with one attached hydrogen (secondary N) is 3. The molecule has 0 saturated heterocycles. The molecule has 8 heteroatoms. The smallest absolute Gasteiger partial charge is 0.270 e. The molecular weight excluding hydrogens is 370 g/mol. The molecule has 0 fully saturated rings. The SMILES string of the molecule is CCC(C)C(NC(=O)c1c[nH]c2ccc([N+](=O)[O-])cc12)c1nc2ccccc2[nH]1. The van der Waals surface area contributed by atoms with E-state index in [-0.39, 0.29) is 23.6 Å². The van der Waals surface area contributed by atoms with Crippen molar-refractivity contribution in [2.24, 2.45) is 5.92 Å². The number of H-pyrrole nitrogens is 2. The average molecular weight is 391 g/mol. The van der Waals surface area contributed by atoms with Gasteiger partial charge in [-0.05, 0) is 24.1 Å². The predicted octanol–water partition coefficient (Wildman–Crippen LogP) is 4.47. The van der Waals surface area contributed by atoms with Gasteiger partial charge in [0.05, 0.1) is 27.6 Å². The molecule has 4 aromatic rings. The molecule has 3 N–H and O–H groups in total. The third-order valence-electron chi connectivity index (χ3n) is 5.32. The van der Waals surface area contributed by atoms with Crippen LogP contribution in [0.15, 0.2) is 48.7 Å². The first-order chi connectivity index (χ1) is 14.0. The summed E-state index contributed by atoms with van der Waals surface area (Å²) in [6.45, 7) is 4.11. The number of non-ortho nitro benzene ring substituents is 1. The third kappa shape index (κ3) is 3.44. The molecule has 4 rings (SSSR count). The Bertz CT molecular complexity index is 1180. The molecule has 8 nitrogen and oxygen atoms in total. The van der Waals surface area contributed by atoms with Gasteiger partial charge in [-0.3, -0.25) is 14.9 Å². The highest BCUT2D eigenvalue weighted by Crippen LogP contribution is 2.27. The lowest BCUT2D eigenvalue weighted by molar-refractivity contribution is -0.384. The molecule has 0 aliphatic rings. The molecule has 0 bridgehead atoms. The van der Waals surface area contributed by atoms with E-state index in [0.29, 0.717) is 22.3 Å². The Labute approximate surface area is 166 Å². The number of hydrogen-bond donors (Lipinski definition) is 3. The van der Waals surface area contributed by atoms with E-state index in [2.05, 4.69) is 34.1 Å². The highest BCUT2D eigenvalue weighted by Gasteiger charge is 2.25. The lowest BCUT2D eigenvalue weighted by Crippen LogP contribution is -2.33. The van der Waals surface area contributed by atoms with Crippen LogP contribution in [0.5, 0.6) is 0 Å². The van der Waals surface area contributed by atoms with E-state index in [1.807, 2.05) is 24.3 Å². The van der Waals surface area contributed by atoms with Gasteiger partial charge in [0.15, 0.2) is 0 Å². The number of benzene rings is 2. The first-order valence-corrected chi connectivity index (χ1v) is 9.49. The Balaban J connectivity index is 1.69. The second-order valence-electron chi connectivity index (χ2n) is 7.17. The number of nitrogens with zero attached hydrogens (tertiary/aromatic N) is 2. The van der Waals surface area contributed by atoms with Gasteiger partial charge in [0.1, 0.15) is 5.82 Å². The van der Waals surface area contributed by atoms with Crippen LogP contribution in [0, 0.1) is 16.0 Å². The lowest BCUT2D eigenvalue weighted by atomic mass is 9.98. The third-order valence-corrected chi connectivity index (χ3v) is 5.32. The zero-order valence-corrected chi connectivity index (χ0v) is 16.1. The zero-order valence-electron chi connectivity index (χ0n) is 16.1. The molecule has 0 spiro atoms. The van der Waals surface area contributed by atoms with Gasteiger partial charge in [-0.25, -0.2) is 4.98 Å². The van der Waals surface area contributed by atoms with Crippen molar-refractivity contribution >= 4 is 33.5 Å². The molecular formula is C21H21N5O3. The number of para-hydroxylation sites is 2. The molecule has 148 valence electrons. The van der Waals surface area contributed by atoms with Crippen LogP contribution in [0.25, 0.3) is 21.9 Å². The monoisotopic (exact) mass is 391 g/mol. The molecule has 0 radical (unpaired) electrons. The van der Waals surface area contributed by atoms with Crippen molar-refractivity contribution in [1.29, 1.82) is 0 Å². The Kier molecular flexibility index (Phi) is 4.75. The van der Waals surface area contributed by atoms with Crippen molar-refractivity contribution in [3.63, 3.8) is 0 Å². The Morgan fingerprint density at radius 2 is 2.03 bits per heavy atom. The fourth-order valence-electron chi connectivity index (χ4n) is 3.46. The number of fused-ring (bicyclic) bond motifs is 2. The molecule has 2 unspecified atom stereocenters. The van der Waals surface area contributed by atoms with E-state index in [4.69, 9.17) is 0 Å². The summed E-state index contributed by atoms with van der Waals surface area (Å²) in [7, 11) is 0. The topological polar surface area (TPSA) is 117 Å². The minimum Gasteiger partial charge on any atom is -0.360 e. The van der Waals surface area contributed by atoms with Crippen molar-refractivity contribution in [3.8, 4) is 0 Å². The highest BCUT2D eigenvalue weighted by atomic mass is 16.6. The quantitative estimate of drug-likeness (QED) is 0.332. The van der Waals surface area contributed by atoms with Gasteiger partial charge in [0.25, 0.3) is 11.6 Å². The number of carbonyl (C=O) groups excluding carboxylic acids is 1. The van der Waals surface area contributed by atoms with Gasteiger partial charge in [-0.1, -0.05) is 32.4 Å². The number of amides is 1. The second-order valence-corrected chi connectivity index (χ2v) is 7.17. The van der Waals surface area contributed by atoms with Crippen LogP contribution >= 0.6 is 0 Å². The van der Waals surface area contributed by atoms with Crippen molar-refractivity contribution in [2.45, 2.75) is 26.3 Å². The Morgan fingerprint density at radius 3 is 2.76 bits per heavy atom. The number of aromatic nitrogens is 3. The molecule has 0 aliphatic heterocycles. The molecule has 1 amide bonds. The van der Waals surface area contributed by atoms with E-state index in [9.17, 15) is 14.9 Å². The molecule has 29 heavy (non-hydrogen) atoms. The average Bonchev–Trinajstić information content (AvgIpc) is 3.34. The van der Waals surface area contributed by atoms with Gasteiger partial charge in [-0.2, -0.15) is 0 Å². The van der Waals surface area contributed by atoms with Gasteiger partial charge in [0, 0.05) is 29.2 Å². The highest BCUT2D eigenvalue weighted by molar-refractivity contribution is 6.07. The summed E-state index contributed by atoms with van der Waals surface area (Å²) in [5.41, 5.74) is 2.74. The van der Waals surface area contributed by atoms with Crippen LogP contribution in [0.2, 0.25) is 0 Å². The second kappa shape index (κ2) is 7.38. The standard InChI is InChI=1S/C21H21N5O3/c1-3-12(2)19(20-23-17-6-4-5-7-18(17)24-20)25-21(27)15-11-22-16-9-8-13(26(28)29)10-14(15)16/h4-12,19,22H,3H2,1-2H3,(H,23,24)(H,25,27). The maximum absolute atomic E-state index is 13.1. The van der Waals surface area contributed by atoms with Crippen LogP contribution in [0.1, 0.15) is 42.5 Å². The molecule has 2 atom stereocenters. The molecule has 0 aliphatic carbocycles. The molecule has 0 saturated carbocycles. The normalized spacial score (nSPS) is 13.4. The summed E-state index contributed by atoms with van der Waals surface area (Å²) >= 11 is 0. The van der Waals surface area contributed by atoms with E-state index in [1.165, 1.54) is 12.1 Å². The first-order valence-electron chi connectivity index (χ1n) is 9.49. The van der Waals surface area contributed by atoms with E-state index < -0.39 is 4.92 Å². The number of nitro benzene ring substituents is 1. The lowest BCUT2D eigenvalue weighted by Gasteiger charge is -2.22. The van der Waals surface area contributed by atoms with Crippen LogP contribution in [0.3, 0.4) is 0 Å². The van der Waals surface area contributed by atoms with Crippen molar-refractivity contribution in [3.05, 3.63) is 70.2 Å². The minimum absolute atomic E-state index is 0.0538. The summed E-state index contributed by atoms with van der Waals surface area (Å²) in [6, 6.07) is 11.8. The van der Waals surface area contributed by atoms with Gasteiger partial charge >= 0.3 is 0 Å². The van der Waals surface area contributed by atoms with Gasteiger partial charge in [-0.15, -0.1) is 0 Å². The van der Waals surface area contributed by atoms with Crippen LogP contribution in [0.4, 0.5) is 5.69 Å². The fraction of sp³-hybridized carbons (Fsp3) is 0.238. The van der Waals surface area contributed by atoms with E-state index in [0.717, 1.165) is 17.5 Å². The first kappa shape index (κ1) is 18.7.